The molecule has 0 unspecified atom stereocenters. The number of carbonyl (C=O) groups excluding carboxylic acids is 1. The summed E-state index contributed by atoms with van der Waals surface area (Å²) in [7, 11) is 0. The number of furan rings is 1. The fourth-order valence-electron chi connectivity index (χ4n) is 2.34. The first-order valence-corrected chi connectivity index (χ1v) is 8.18. The van der Waals surface area contributed by atoms with Crippen LogP contribution in [-0.4, -0.2) is 22.5 Å². The number of nitrogens with one attached hydrogen (secondary N) is 1. The molecule has 0 bridgehead atoms. The second-order valence-electron chi connectivity index (χ2n) is 5.22. The Bertz CT molecular complexity index is 856. The summed E-state index contributed by atoms with van der Waals surface area (Å²) in [5.74, 6) is -0.307. The summed E-state index contributed by atoms with van der Waals surface area (Å²) in [6, 6.07) is 4.22. The molecule has 5 nitrogen and oxygen atoms in total. The van der Waals surface area contributed by atoms with Gasteiger partial charge in [0.05, 0.1) is 6.54 Å². The molecule has 0 aliphatic rings. The second kappa shape index (κ2) is 6.45. The Balaban J connectivity index is 1.74. The lowest BCUT2D eigenvalue weighted by molar-refractivity contribution is 0.0981. The third-order valence-electron chi connectivity index (χ3n) is 3.48. The van der Waals surface area contributed by atoms with Crippen LogP contribution in [0.2, 0.25) is 0 Å². The van der Waals surface area contributed by atoms with E-state index in [1.807, 2.05) is 0 Å². The molecule has 1 N–H and O–H groups in total. The maximum Gasteiger partial charge on any atom is 0.217 e. The molecule has 0 fully saturated rings. The molecule has 23 heavy (non-hydrogen) atoms. The maximum absolute atomic E-state index is 13.3. The van der Waals surface area contributed by atoms with Gasteiger partial charge in [0, 0.05) is 17.4 Å². The Hall–Kier alpha value is -2.28. The molecule has 3 aromatic rings. The fraction of sp³-hybridized carbons (Fsp3) is 0.312. The molecule has 0 spiro atoms. The summed E-state index contributed by atoms with van der Waals surface area (Å²) < 4.78 is 18.9. The zero-order valence-electron chi connectivity index (χ0n) is 12.9. The van der Waals surface area contributed by atoms with Crippen molar-refractivity contribution in [2.24, 2.45) is 0 Å². The van der Waals surface area contributed by atoms with Gasteiger partial charge in [0.15, 0.2) is 5.76 Å². The molecule has 1 aromatic carbocycles. The summed E-state index contributed by atoms with van der Waals surface area (Å²) >= 11 is 1.44. The Labute approximate surface area is 136 Å². The van der Waals surface area contributed by atoms with Crippen molar-refractivity contribution in [1.29, 1.82) is 0 Å². The molecule has 0 saturated heterocycles. The van der Waals surface area contributed by atoms with E-state index in [0.717, 1.165) is 17.8 Å². The molecule has 0 radical (unpaired) electrons. The lowest BCUT2D eigenvalue weighted by atomic mass is 10.1. The van der Waals surface area contributed by atoms with Crippen molar-refractivity contribution in [3.05, 3.63) is 40.3 Å². The number of aryl methyl sites for hydroxylation is 2. The van der Waals surface area contributed by atoms with E-state index in [1.165, 1.54) is 29.5 Å². The molecular weight excluding hydrogens is 317 g/mol. The minimum Gasteiger partial charge on any atom is -0.453 e. The SMILES string of the molecule is CCCc1nnc(NCC(=O)c2oc3ccc(F)cc3c2C)s1. The number of rotatable bonds is 6. The standard InChI is InChI=1S/C16H16FN3O2S/c1-3-4-14-19-20-16(23-14)18-8-12(21)15-9(2)11-7-10(17)5-6-13(11)22-15/h5-7H,3-4,8H2,1-2H3,(H,18,20). The van der Waals surface area contributed by atoms with E-state index in [9.17, 15) is 9.18 Å². The first-order valence-electron chi connectivity index (χ1n) is 7.36. The third-order valence-corrected chi connectivity index (χ3v) is 4.42. The number of Topliss-reactive ketones (excluding diaryl/α,β-unsaturated/α-hetero) is 1. The van der Waals surface area contributed by atoms with E-state index >= 15 is 0 Å². The zero-order chi connectivity index (χ0) is 16.4. The molecule has 2 aromatic heterocycles. The quantitative estimate of drug-likeness (QED) is 0.691. The highest BCUT2D eigenvalue weighted by Gasteiger charge is 2.18. The van der Waals surface area contributed by atoms with E-state index in [1.54, 1.807) is 6.92 Å². The number of ketones is 1. The highest BCUT2D eigenvalue weighted by Crippen LogP contribution is 2.26. The summed E-state index contributed by atoms with van der Waals surface area (Å²) in [6.45, 7) is 3.89. The summed E-state index contributed by atoms with van der Waals surface area (Å²) in [6.07, 6.45) is 1.88. The summed E-state index contributed by atoms with van der Waals surface area (Å²) in [5.41, 5.74) is 1.16. The van der Waals surface area contributed by atoms with Crippen LogP contribution < -0.4 is 5.32 Å². The van der Waals surface area contributed by atoms with E-state index in [4.69, 9.17) is 4.42 Å². The molecule has 0 atom stereocenters. The van der Waals surface area contributed by atoms with E-state index in [2.05, 4.69) is 22.4 Å². The predicted octanol–water partition coefficient (Wildman–Crippen LogP) is 3.98. The van der Waals surface area contributed by atoms with Crippen molar-refractivity contribution in [3.8, 4) is 0 Å². The highest BCUT2D eigenvalue weighted by atomic mass is 32.1. The Morgan fingerprint density at radius 3 is 3.00 bits per heavy atom. The lowest BCUT2D eigenvalue weighted by Crippen LogP contribution is -2.14. The predicted molar refractivity (Wildman–Crippen MR) is 87.6 cm³/mol. The van der Waals surface area contributed by atoms with Crippen molar-refractivity contribution in [3.63, 3.8) is 0 Å². The van der Waals surface area contributed by atoms with Crippen molar-refractivity contribution in [2.45, 2.75) is 26.7 Å². The van der Waals surface area contributed by atoms with Gasteiger partial charge in [0.25, 0.3) is 0 Å². The maximum atomic E-state index is 13.3. The minimum absolute atomic E-state index is 0.0594. The van der Waals surface area contributed by atoms with Gasteiger partial charge in [-0.2, -0.15) is 0 Å². The molecule has 120 valence electrons. The smallest absolute Gasteiger partial charge is 0.217 e. The molecule has 2 heterocycles. The number of benzene rings is 1. The van der Waals surface area contributed by atoms with Crippen molar-refractivity contribution in [2.75, 3.05) is 11.9 Å². The van der Waals surface area contributed by atoms with Gasteiger partial charge in [-0.3, -0.25) is 4.79 Å². The number of carbonyl (C=O) groups is 1. The Morgan fingerprint density at radius 2 is 2.22 bits per heavy atom. The van der Waals surface area contributed by atoms with Gasteiger partial charge in [0.1, 0.15) is 16.4 Å². The average Bonchev–Trinajstić information content (AvgIpc) is 3.11. The van der Waals surface area contributed by atoms with Crippen LogP contribution in [0.4, 0.5) is 9.52 Å². The van der Waals surface area contributed by atoms with E-state index in [-0.39, 0.29) is 23.9 Å². The minimum atomic E-state index is -0.351. The first-order chi connectivity index (χ1) is 11.1. The Kier molecular flexibility index (Phi) is 4.38. The van der Waals surface area contributed by atoms with Crippen LogP contribution in [0.1, 0.15) is 34.5 Å². The van der Waals surface area contributed by atoms with Crippen LogP contribution in [-0.2, 0) is 6.42 Å². The monoisotopic (exact) mass is 333 g/mol. The fourth-order valence-corrected chi connectivity index (χ4v) is 3.17. The van der Waals surface area contributed by atoms with Gasteiger partial charge in [0.2, 0.25) is 10.9 Å². The van der Waals surface area contributed by atoms with Crippen LogP contribution >= 0.6 is 11.3 Å². The summed E-state index contributed by atoms with van der Waals surface area (Å²) in [4.78, 5) is 12.3. The molecule has 0 aliphatic carbocycles. The summed E-state index contributed by atoms with van der Waals surface area (Å²) in [5, 5.41) is 13.2. The number of nitrogens with zero attached hydrogens (tertiary/aromatic N) is 2. The molecule has 0 saturated carbocycles. The lowest BCUT2D eigenvalue weighted by Gasteiger charge is -2.00. The van der Waals surface area contributed by atoms with Crippen molar-refractivity contribution >= 4 is 33.2 Å². The van der Waals surface area contributed by atoms with Gasteiger partial charge in [-0.1, -0.05) is 18.3 Å². The molecular formula is C16H16FN3O2S. The van der Waals surface area contributed by atoms with E-state index in [0.29, 0.717) is 21.7 Å². The van der Waals surface area contributed by atoms with Gasteiger partial charge in [-0.25, -0.2) is 4.39 Å². The zero-order valence-corrected chi connectivity index (χ0v) is 13.7. The molecule has 3 rings (SSSR count). The normalized spacial score (nSPS) is 11.1. The number of halogens is 1. The van der Waals surface area contributed by atoms with Crippen LogP contribution in [0.25, 0.3) is 11.0 Å². The number of fused-ring (bicyclic) bond motifs is 1. The average molecular weight is 333 g/mol. The van der Waals surface area contributed by atoms with Crippen LogP contribution in [0.5, 0.6) is 0 Å². The number of hydrogen-bond donors (Lipinski definition) is 1. The van der Waals surface area contributed by atoms with Gasteiger partial charge >= 0.3 is 0 Å². The topological polar surface area (TPSA) is 68.0 Å². The van der Waals surface area contributed by atoms with Crippen molar-refractivity contribution in [1.82, 2.24) is 10.2 Å². The van der Waals surface area contributed by atoms with Gasteiger partial charge < -0.3 is 9.73 Å². The number of hydrogen-bond acceptors (Lipinski definition) is 6. The Morgan fingerprint density at radius 1 is 1.39 bits per heavy atom. The van der Waals surface area contributed by atoms with Crippen LogP contribution in [0, 0.1) is 12.7 Å². The van der Waals surface area contributed by atoms with Gasteiger partial charge in [-0.15, -0.1) is 10.2 Å². The first kappa shape index (κ1) is 15.6. The molecule has 7 heteroatoms. The second-order valence-corrected chi connectivity index (χ2v) is 6.29. The largest absolute Gasteiger partial charge is 0.453 e. The van der Waals surface area contributed by atoms with Gasteiger partial charge in [-0.05, 0) is 31.5 Å². The van der Waals surface area contributed by atoms with Crippen LogP contribution in [0.15, 0.2) is 22.6 Å². The number of anilines is 1. The van der Waals surface area contributed by atoms with E-state index < -0.39 is 0 Å². The third kappa shape index (κ3) is 3.24. The van der Waals surface area contributed by atoms with Crippen LogP contribution in [0.3, 0.4) is 0 Å². The highest BCUT2D eigenvalue weighted by molar-refractivity contribution is 7.15. The number of aromatic nitrogens is 2. The molecule has 0 amide bonds. The van der Waals surface area contributed by atoms with Crippen molar-refractivity contribution < 1.29 is 13.6 Å². The molecule has 0 aliphatic heterocycles.